The molecule has 2 fully saturated rings. The van der Waals surface area contributed by atoms with Gasteiger partial charge in [-0.05, 0) is 44.1 Å². The van der Waals surface area contributed by atoms with Gasteiger partial charge in [-0.3, -0.25) is 0 Å². The molecule has 80 valence electrons. The van der Waals surface area contributed by atoms with Crippen molar-refractivity contribution >= 4 is 6.29 Å². The van der Waals surface area contributed by atoms with E-state index in [2.05, 4.69) is 19.2 Å². The van der Waals surface area contributed by atoms with Gasteiger partial charge in [-0.25, -0.2) is 0 Å². The molecule has 1 saturated heterocycles. The highest BCUT2D eigenvalue weighted by atomic mass is 16.1. The molecular weight excluding hydrogens is 174 g/mol. The van der Waals surface area contributed by atoms with Crippen LogP contribution < -0.4 is 5.32 Å². The lowest BCUT2D eigenvalue weighted by Crippen LogP contribution is -2.43. The van der Waals surface area contributed by atoms with E-state index in [1.807, 2.05) is 0 Å². The molecule has 0 spiro atoms. The van der Waals surface area contributed by atoms with Crippen molar-refractivity contribution in [3.63, 3.8) is 0 Å². The van der Waals surface area contributed by atoms with Crippen LogP contribution in [-0.4, -0.2) is 18.9 Å². The first kappa shape index (κ1) is 10.2. The zero-order valence-electron chi connectivity index (χ0n) is 9.25. The Balaban J connectivity index is 2.05. The van der Waals surface area contributed by atoms with Gasteiger partial charge < -0.3 is 10.1 Å². The zero-order valence-corrected chi connectivity index (χ0v) is 9.25. The van der Waals surface area contributed by atoms with Crippen LogP contribution in [0.15, 0.2) is 0 Å². The largest absolute Gasteiger partial charge is 0.314 e. The molecule has 0 aromatic heterocycles. The second kappa shape index (κ2) is 3.65. The summed E-state index contributed by atoms with van der Waals surface area (Å²) >= 11 is 0. The minimum Gasteiger partial charge on any atom is -0.314 e. The maximum Gasteiger partial charge on any atom is 0.123 e. The number of piperidine rings is 1. The summed E-state index contributed by atoms with van der Waals surface area (Å²) in [7, 11) is 0. The van der Waals surface area contributed by atoms with E-state index < -0.39 is 0 Å². The van der Waals surface area contributed by atoms with Crippen LogP contribution >= 0.6 is 0 Å². The lowest BCUT2D eigenvalue weighted by Gasteiger charge is -2.40. The van der Waals surface area contributed by atoms with Crippen molar-refractivity contribution < 1.29 is 4.79 Å². The van der Waals surface area contributed by atoms with E-state index in [0.29, 0.717) is 23.3 Å². The number of nitrogens with one attached hydrogen (secondary N) is 1. The van der Waals surface area contributed by atoms with E-state index in [4.69, 9.17) is 0 Å². The quantitative estimate of drug-likeness (QED) is 0.698. The number of aldehydes is 1. The van der Waals surface area contributed by atoms with E-state index in [1.165, 1.54) is 25.5 Å². The predicted molar refractivity (Wildman–Crippen MR) is 57.1 cm³/mol. The number of carbonyl (C=O) groups is 1. The Morgan fingerprint density at radius 2 is 2.36 bits per heavy atom. The van der Waals surface area contributed by atoms with Crippen molar-refractivity contribution in [3.05, 3.63) is 0 Å². The Morgan fingerprint density at radius 3 is 2.86 bits per heavy atom. The van der Waals surface area contributed by atoms with Crippen molar-refractivity contribution in [1.82, 2.24) is 5.32 Å². The van der Waals surface area contributed by atoms with Gasteiger partial charge in [0.15, 0.2) is 0 Å². The lowest BCUT2D eigenvalue weighted by atomic mass is 9.70. The van der Waals surface area contributed by atoms with Gasteiger partial charge in [0.2, 0.25) is 0 Å². The molecule has 0 radical (unpaired) electrons. The van der Waals surface area contributed by atoms with Gasteiger partial charge in [-0.2, -0.15) is 0 Å². The monoisotopic (exact) mass is 195 g/mol. The molecule has 4 atom stereocenters. The molecular formula is C12H21NO. The summed E-state index contributed by atoms with van der Waals surface area (Å²) in [5, 5.41) is 3.50. The molecule has 14 heavy (non-hydrogen) atoms. The van der Waals surface area contributed by atoms with Crippen molar-refractivity contribution in [2.45, 2.75) is 45.6 Å². The van der Waals surface area contributed by atoms with Gasteiger partial charge in [-0.1, -0.05) is 13.3 Å². The van der Waals surface area contributed by atoms with Gasteiger partial charge in [0.25, 0.3) is 0 Å². The van der Waals surface area contributed by atoms with Gasteiger partial charge in [-0.15, -0.1) is 0 Å². The Hall–Kier alpha value is -0.370. The third-order valence-electron chi connectivity index (χ3n) is 4.33. The van der Waals surface area contributed by atoms with E-state index >= 15 is 0 Å². The molecule has 1 aliphatic carbocycles. The highest BCUT2D eigenvalue weighted by molar-refractivity contribution is 5.58. The molecule has 1 heterocycles. The molecule has 1 saturated carbocycles. The first-order valence-electron chi connectivity index (χ1n) is 5.90. The normalized spacial score (nSPS) is 47.4. The first-order valence-corrected chi connectivity index (χ1v) is 5.90. The van der Waals surface area contributed by atoms with Gasteiger partial charge >= 0.3 is 0 Å². The van der Waals surface area contributed by atoms with Crippen LogP contribution in [0.25, 0.3) is 0 Å². The topological polar surface area (TPSA) is 29.1 Å². The third kappa shape index (κ3) is 1.60. The standard InChI is InChI=1S/C12H21NO/c1-3-12(11-6-10(11)8-14)4-5-13-9(2)7-12/h8-11,13H,3-7H2,1-2H3. The second-order valence-electron chi connectivity index (χ2n) is 5.17. The molecule has 1 aliphatic heterocycles. The molecule has 0 bridgehead atoms. The fraction of sp³-hybridized carbons (Fsp3) is 0.917. The van der Waals surface area contributed by atoms with Crippen LogP contribution in [-0.2, 0) is 4.79 Å². The summed E-state index contributed by atoms with van der Waals surface area (Å²) in [5.74, 6) is 1.09. The third-order valence-corrected chi connectivity index (χ3v) is 4.33. The second-order valence-corrected chi connectivity index (χ2v) is 5.17. The van der Waals surface area contributed by atoms with Crippen LogP contribution in [0.1, 0.15) is 39.5 Å². The maximum absolute atomic E-state index is 10.7. The molecule has 2 rings (SSSR count). The minimum atomic E-state index is 0.389. The summed E-state index contributed by atoms with van der Waals surface area (Å²) in [6, 6.07) is 0.636. The Morgan fingerprint density at radius 1 is 1.57 bits per heavy atom. The SMILES string of the molecule is CCC1(C2CC2C=O)CCNC(C)C1. The number of hydrogen-bond acceptors (Lipinski definition) is 2. The number of carbonyl (C=O) groups excluding carboxylic acids is 1. The van der Waals surface area contributed by atoms with Crippen molar-refractivity contribution in [2.24, 2.45) is 17.3 Å². The predicted octanol–water partition coefficient (Wildman–Crippen LogP) is 1.99. The van der Waals surface area contributed by atoms with Crippen LogP contribution in [0, 0.1) is 17.3 Å². The summed E-state index contributed by atoms with van der Waals surface area (Å²) in [6.07, 6.45) is 6.11. The Labute approximate surface area is 86.5 Å². The van der Waals surface area contributed by atoms with E-state index in [-0.39, 0.29) is 0 Å². The van der Waals surface area contributed by atoms with Crippen LogP contribution in [0.2, 0.25) is 0 Å². The highest BCUT2D eigenvalue weighted by Crippen LogP contribution is 2.56. The lowest BCUT2D eigenvalue weighted by molar-refractivity contribution is -0.109. The van der Waals surface area contributed by atoms with Gasteiger partial charge in [0.05, 0.1) is 0 Å². The first-order chi connectivity index (χ1) is 6.72. The Kier molecular flexibility index (Phi) is 2.65. The summed E-state index contributed by atoms with van der Waals surface area (Å²) in [5.41, 5.74) is 0.482. The molecule has 4 unspecified atom stereocenters. The van der Waals surface area contributed by atoms with Crippen LogP contribution in [0.3, 0.4) is 0 Å². The van der Waals surface area contributed by atoms with Gasteiger partial charge in [0.1, 0.15) is 6.29 Å². The molecule has 0 amide bonds. The van der Waals surface area contributed by atoms with Crippen molar-refractivity contribution in [1.29, 1.82) is 0 Å². The number of hydrogen-bond donors (Lipinski definition) is 1. The average molecular weight is 195 g/mol. The fourth-order valence-electron chi connectivity index (χ4n) is 3.34. The summed E-state index contributed by atoms with van der Waals surface area (Å²) < 4.78 is 0. The molecule has 2 heteroatoms. The fourth-order valence-corrected chi connectivity index (χ4v) is 3.34. The number of rotatable bonds is 3. The van der Waals surface area contributed by atoms with E-state index in [9.17, 15) is 4.79 Å². The molecule has 2 nitrogen and oxygen atoms in total. The van der Waals surface area contributed by atoms with Crippen LogP contribution in [0.5, 0.6) is 0 Å². The smallest absolute Gasteiger partial charge is 0.123 e. The summed E-state index contributed by atoms with van der Waals surface area (Å²) in [4.78, 5) is 10.7. The average Bonchev–Trinajstić information content (AvgIpc) is 2.97. The van der Waals surface area contributed by atoms with Crippen molar-refractivity contribution in [2.75, 3.05) is 6.54 Å². The van der Waals surface area contributed by atoms with Crippen LogP contribution in [0.4, 0.5) is 0 Å². The van der Waals surface area contributed by atoms with E-state index in [0.717, 1.165) is 13.0 Å². The molecule has 0 aromatic carbocycles. The summed E-state index contributed by atoms with van der Waals surface area (Å²) in [6.45, 7) is 5.69. The van der Waals surface area contributed by atoms with Gasteiger partial charge in [0, 0.05) is 12.0 Å². The molecule has 0 aromatic rings. The highest BCUT2D eigenvalue weighted by Gasteiger charge is 2.52. The molecule has 2 aliphatic rings. The Bertz CT molecular complexity index is 228. The van der Waals surface area contributed by atoms with Crippen molar-refractivity contribution in [3.8, 4) is 0 Å². The minimum absolute atomic E-state index is 0.389. The molecule has 1 N–H and O–H groups in total. The zero-order chi connectivity index (χ0) is 10.2. The van der Waals surface area contributed by atoms with E-state index in [1.54, 1.807) is 0 Å². The maximum atomic E-state index is 10.7.